The molecule has 3 nitrogen and oxygen atoms in total. The van der Waals surface area contributed by atoms with Crippen LogP contribution < -0.4 is 16.2 Å². The van der Waals surface area contributed by atoms with Crippen molar-refractivity contribution in [1.29, 1.82) is 0 Å². The van der Waals surface area contributed by atoms with E-state index < -0.39 is 0 Å². The van der Waals surface area contributed by atoms with Crippen molar-refractivity contribution in [2.24, 2.45) is 0 Å². The quantitative estimate of drug-likeness (QED) is 0.341. The minimum atomic E-state index is 0.656. The van der Waals surface area contributed by atoms with Crippen LogP contribution in [0.1, 0.15) is 13.3 Å². The Morgan fingerprint density at radius 3 is 2.24 bits per heavy atom. The van der Waals surface area contributed by atoms with E-state index in [1.165, 1.54) is 0 Å². The van der Waals surface area contributed by atoms with Crippen LogP contribution in [0.25, 0.3) is 0 Å². The molecule has 3 heteroatoms. The third kappa shape index (κ3) is 6.88. The summed E-state index contributed by atoms with van der Waals surface area (Å²) in [6.45, 7) is 17.2. The highest BCUT2D eigenvalue weighted by Crippen LogP contribution is 1.97. The van der Waals surface area contributed by atoms with Gasteiger partial charge < -0.3 is 10.7 Å². The van der Waals surface area contributed by atoms with Crippen LogP contribution in [0.15, 0.2) is 66.9 Å². The maximum absolute atomic E-state index is 3.84. The summed E-state index contributed by atoms with van der Waals surface area (Å²) in [6.07, 6.45) is 4.47. The van der Waals surface area contributed by atoms with Gasteiger partial charge in [-0.3, -0.25) is 5.43 Å². The maximum Gasteiger partial charge on any atom is 0.0693 e. The SMILES string of the molecule is C=C(C=C=CC(=C)NNC(=C)C(=C)NC)CC. The lowest BCUT2D eigenvalue weighted by molar-refractivity contribution is 0.703. The molecule has 0 unspecified atom stereocenters. The largest absolute Gasteiger partial charge is 0.387 e. The molecule has 0 aliphatic heterocycles. The Bertz CT molecular complexity index is 382. The Morgan fingerprint density at radius 1 is 1.06 bits per heavy atom. The molecule has 0 rings (SSSR count). The Labute approximate surface area is 104 Å². The summed E-state index contributed by atoms with van der Waals surface area (Å²) in [6, 6.07) is 0. The van der Waals surface area contributed by atoms with Gasteiger partial charge in [0.1, 0.15) is 0 Å². The van der Waals surface area contributed by atoms with Gasteiger partial charge in [0.15, 0.2) is 0 Å². The Balaban J connectivity index is 4.12. The summed E-state index contributed by atoms with van der Waals surface area (Å²) >= 11 is 0. The molecule has 0 aromatic rings. The van der Waals surface area contributed by atoms with E-state index in [4.69, 9.17) is 0 Å². The lowest BCUT2D eigenvalue weighted by atomic mass is 10.2. The van der Waals surface area contributed by atoms with Gasteiger partial charge in [-0.15, -0.1) is 5.73 Å². The molecule has 0 bridgehead atoms. The normalized spacial score (nSPS) is 8.35. The van der Waals surface area contributed by atoms with Gasteiger partial charge in [-0.1, -0.05) is 33.2 Å². The van der Waals surface area contributed by atoms with Gasteiger partial charge in [-0.05, 0) is 18.1 Å². The van der Waals surface area contributed by atoms with Crippen molar-refractivity contribution in [2.75, 3.05) is 7.05 Å². The number of rotatable bonds is 8. The summed E-state index contributed by atoms with van der Waals surface area (Å²) in [7, 11) is 1.78. The van der Waals surface area contributed by atoms with Crippen LogP contribution in [0, 0.1) is 0 Å². The lowest BCUT2D eigenvalue weighted by Crippen LogP contribution is -2.31. The van der Waals surface area contributed by atoms with E-state index in [-0.39, 0.29) is 0 Å². The van der Waals surface area contributed by atoms with Crippen molar-refractivity contribution in [3.8, 4) is 0 Å². The molecule has 0 aromatic heterocycles. The van der Waals surface area contributed by atoms with Crippen LogP contribution in [0.3, 0.4) is 0 Å². The van der Waals surface area contributed by atoms with Crippen molar-refractivity contribution < 1.29 is 0 Å². The molecule has 0 spiro atoms. The van der Waals surface area contributed by atoms with E-state index in [2.05, 4.69) is 48.2 Å². The average Bonchev–Trinajstić information content (AvgIpc) is 2.34. The summed E-state index contributed by atoms with van der Waals surface area (Å²) in [5, 5.41) is 2.88. The molecule has 0 aromatic carbocycles. The summed E-state index contributed by atoms with van der Waals surface area (Å²) in [4.78, 5) is 0. The third-order valence-electron chi connectivity index (χ3n) is 2.04. The lowest BCUT2D eigenvalue weighted by Gasteiger charge is -2.13. The van der Waals surface area contributed by atoms with Gasteiger partial charge in [-0.2, -0.15) is 0 Å². The highest BCUT2D eigenvalue weighted by atomic mass is 15.4. The van der Waals surface area contributed by atoms with E-state index in [0.29, 0.717) is 17.1 Å². The van der Waals surface area contributed by atoms with Crippen LogP contribution in [0.5, 0.6) is 0 Å². The highest BCUT2D eigenvalue weighted by Gasteiger charge is 1.94. The molecule has 0 fully saturated rings. The molecule has 0 aliphatic rings. The van der Waals surface area contributed by atoms with E-state index in [0.717, 1.165) is 12.0 Å². The van der Waals surface area contributed by atoms with Crippen LogP contribution in [0.2, 0.25) is 0 Å². The molecular weight excluding hydrogens is 210 g/mol. The third-order valence-corrected chi connectivity index (χ3v) is 2.04. The van der Waals surface area contributed by atoms with Crippen LogP contribution in [-0.4, -0.2) is 7.05 Å². The molecule has 92 valence electrons. The number of hydrogen-bond acceptors (Lipinski definition) is 3. The topological polar surface area (TPSA) is 36.1 Å². The van der Waals surface area contributed by atoms with Gasteiger partial charge >= 0.3 is 0 Å². The molecule has 0 radical (unpaired) electrons. The fraction of sp³-hybridized carbons (Fsp3) is 0.214. The van der Waals surface area contributed by atoms with Gasteiger partial charge in [-0.25, -0.2) is 0 Å². The van der Waals surface area contributed by atoms with E-state index in [9.17, 15) is 0 Å². The smallest absolute Gasteiger partial charge is 0.0693 e. The van der Waals surface area contributed by atoms with Gasteiger partial charge in [0, 0.05) is 13.1 Å². The Kier molecular flexibility index (Phi) is 7.07. The van der Waals surface area contributed by atoms with Crippen molar-refractivity contribution in [1.82, 2.24) is 16.2 Å². The zero-order valence-corrected chi connectivity index (χ0v) is 10.7. The van der Waals surface area contributed by atoms with Crippen LogP contribution in [-0.2, 0) is 0 Å². The minimum absolute atomic E-state index is 0.656. The van der Waals surface area contributed by atoms with Gasteiger partial charge in [0.2, 0.25) is 0 Å². The molecule has 0 saturated heterocycles. The number of nitrogens with one attached hydrogen (secondary N) is 3. The number of allylic oxidation sites excluding steroid dienone is 2. The highest BCUT2D eigenvalue weighted by molar-refractivity contribution is 5.23. The summed E-state index contributed by atoms with van der Waals surface area (Å²) < 4.78 is 0. The predicted molar refractivity (Wildman–Crippen MR) is 74.8 cm³/mol. The number of hydrogen-bond donors (Lipinski definition) is 3. The minimum Gasteiger partial charge on any atom is -0.387 e. The second kappa shape index (κ2) is 8.08. The van der Waals surface area contributed by atoms with E-state index in [1.54, 1.807) is 13.1 Å². The first-order chi connectivity index (χ1) is 8.01. The molecule has 0 amide bonds. The summed E-state index contributed by atoms with van der Waals surface area (Å²) in [5.74, 6) is 0. The molecule has 0 aliphatic carbocycles. The van der Waals surface area contributed by atoms with Crippen molar-refractivity contribution >= 4 is 0 Å². The van der Waals surface area contributed by atoms with E-state index >= 15 is 0 Å². The second-order valence-corrected chi connectivity index (χ2v) is 3.45. The fourth-order valence-electron chi connectivity index (χ4n) is 0.780. The predicted octanol–water partition coefficient (Wildman–Crippen LogP) is 2.52. The van der Waals surface area contributed by atoms with Gasteiger partial charge in [0.25, 0.3) is 0 Å². The zero-order valence-electron chi connectivity index (χ0n) is 10.7. The van der Waals surface area contributed by atoms with Crippen molar-refractivity contribution in [3.63, 3.8) is 0 Å². The standard InChI is InChI=1S/C14H21N3/c1-7-11(2)9-8-10-12(3)16-17-14(5)13(4)15-6/h9-10,15-17H,2-5,7H2,1,6H3. The number of hydrazine groups is 1. The molecule has 17 heavy (non-hydrogen) atoms. The zero-order chi connectivity index (χ0) is 13.3. The Hall–Kier alpha value is -2.12. The van der Waals surface area contributed by atoms with E-state index in [1.807, 2.05) is 13.0 Å². The molecular formula is C14H21N3. The average molecular weight is 231 g/mol. The summed E-state index contributed by atoms with van der Waals surface area (Å²) in [5.41, 5.74) is 11.8. The molecule has 0 atom stereocenters. The second-order valence-electron chi connectivity index (χ2n) is 3.45. The monoisotopic (exact) mass is 231 g/mol. The first kappa shape index (κ1) is 14.9. The Morgan fingerprint density at radius 2 is 1.71 bits per heavy atom. The first-order valence-electron chi connectivity index (χ1n) is 5.38. The maximum atomic E-state index is 3.84. The fourth-order valence-corrected chi connectivity index (χ4v) is 0.780. The van der Waals surface area contributed by atoms with Crippen LogP contribution in [0.4, 0.5) is 0 Å². The first-order valence-corrected chi connectivity index (χ1v) is 5.38. The van der Waals surface area contributed by atoms with Gasteiger partial charge in [0.05, 0.1) is 17.1 Å². The molecule has 0 saturated carbocycles. The van der Waals surface area contributed by atoms with Crippen molar-refractivity contribution in [3.05, 3.63) is 66.9 Å². The van der Waals surface area contributed by atoms with Crippen LogP contribution >= 0.6 is 0 Å². The number of likely N-dealkylation sites (N-methyl/N-ethyl adjacent to an activating group) is 1. The molecule has 3 N–H and O–H groups in total. The van der Waals surface area contributed by atoms with Crippen molar-refractivity contribution in [2.45, 2.75) is 13.3 Å². The molecule has 0 heterocycles.